The normalized spacial score (nSPS) is 15.6. The fraction of sp³-hybridized carbons (Fsp3) is 0.750. The summed E-state index contributed by atoms with van der Waals surface area (Å²) in [5.41, 5.74) is 0. The van der Waals surface area contributed by atoms with Gasteiger partial charge in [0.15, 0.2) is 0 Å². The van der Waals surface area contributed by atoms with E-state index in [1.165, 1.54) is 14.0 Å². The minimum atomic E-state index is -0.718. The van der Waals surface area contributed by atoms with Crippen LogP contribution in [-0.4, -0.2) is 24.2 Å². The summed E-state index contributed by atoms with van der Waals surface area (Å²) in [6.45, 7) is 1.52. The van der Waals surface area contributed by atoms with Crippen LogP contribution in [0.25, 0.3) is 0 Å². The van der Waals surface area contributed by atoms with Crippen molar-refractivity contribution in [3.8, 4) is 0 Å². The van der Waals surface area contributed by atoms with E-state index in [0.29, 0.717) is 0 Å². The Morgan fingerprint density at radius 1 is 1.88 bits per heavy atom. The van der Waals surface area contributed by atoms with Crippen LogP contribution in [0.2, 0.25) is 0 Å². The lowest BCUT2D eigenvalue weighted by atomic mass is 10.4. The van der Waals surface area contributed by atoms with Gasteiger partial charge in [0.2, 0.25) is 5.90 Å². The number of nitrogens with zero attached hydrogens (tertiary/aromatic N) is 1. The van der Waals surface area contributed by atoms with E-state index in [-0.39, 0.29) is 5.90 Å². The Morgan fingerprint density at radius 3 is 2.38 bits per heavy atom. The molecule has 4 nitrogen and oxygen atoms in total. The quantitative estimate of drug-likeness (QED) is 0.207. The number of aliphatic hydroxyl groups is 1. The highest BCUT2D eigenvalue weighted by Gasteiger charge is 2.03. The van der Waals surface area contributed by atoms with Crippen LogP contribution in [0.3, 0.4) is 0 Å². The molecule has 0 spiro atoms. The third kappa shape index (κ3) is 1.79. The number of aliphatic hydroxyl groups excluding tert-OH is 1. The Morgan fingerprint density at radius 2 is 2.38 bits per heavy atom. The van der Waals surface area contributed by atoms with Crippen molar-refractivity contribution in [3.63, 3.8) is 0 Å². The molecule has 0 aromatic heterocycles. The average molecular weight is 118 g/mol. The summed E-state index contributed by atoms with van der Waals surface area (Å²) in [7, 11) is 1.40. The standard InChI is InChI=1S/C4H10N2O2/c1-3(7)4(6-5)8-2/h3,7H,5H2,1-2H3/b6-4-. The number of nitrogens with two attached hydrogens (primary N) is 1. The molecule has 0 aromatic carbocycles. The second-order valence-corrected chi connectivity index (χ2v) is 1.35. The van der Waals surface area contributed by atoms with Gasteiger partial charge in [-0.1, -0.05) is 0 Å². The van der Waals surface area contributed by atoms with Gasteiger partial charge < -0.3 is 15.7 Å². The van der Waals surface area contributed by atoms with Gasteiger partial charge in [0.05, 0.1) is 7.11 Å². The van der Waals surface area contributed by atoms with Gasteiger partial charge in [0, 0.05) is 0 Å². The van der Waals surface area contributed by atoms with E-state index in [4.69, 9.17) is 10.9 Å². The molecular weight excluding hydrogens is 108 g/mol. The van der Waals surface area contributed by atoms with Crippen molar-refractivity contribution in [1.29, 1.82) is 0 Å². The Hall–Kier alpha value is -0.770. The van der Waals surface area contributed by atoms with Crippen molar-refractivity contribution in [1.82, 2.24) is 0 Å². The lowest BCUT2D eigenvalue weighted by Crippen LogP contribution is -2.19. The van der Waals surface area contributed by atoms with Crippen molar-refractivity contribution in [2.24, 2.45) is 10.9 Å². The molecule has 3 N–H and O–H groups in total. The molecular formula is C4H10N2O2. The zero-order valence-corrected chi connectivity index (χ0v) is 4.96. The highest BCUT2D eigenvalue weighted by Crippen LogP contribution is 1.84. The van der Waals surface area contributed by atoms with Crippen LogP contribution in [0, 0.1) is 0 Å². The molecule has 0 aliphatic rings. The van der Waals surface area contributed by atoms with Gasteiger partial charge in [-0.3, -0.25) is 0 Å². The van der Waals surface area contributed by atoms with E-state index < -0.39 is 6.10 Å². The molecule has 0 amide bonds. The zero-order chi connectivity index (χ0) is 6.57. The fourth-order valence-electron chi connectivity index (χ4n) is 0.331. The Kier molecular flexibility index (Phi) is 2.95. The van der Waals surface area contributed by atoms with Crippen LogP contribution in [-0.2, 0) is 4.74 Å². The highest BCUT2D eigenvalue weighted by atomic mass is 16.5. The molecule has 0 aliphatic carbocycles. The predicted molar refractivity (Wildman–Crippen MR) is 30.3 cm³/mol. The van der Waals surface area contributed by atoms with Gasteiger partial charge in [0.25, 0.3) is 0 Å². The van der Waals surface area contributed by atoms with Crippen LogP contribution < -0.4 is 5.84 Å². The molecule has 1 unspecified atom stereocenters. The molecule has 0 radical (unpaired) electrons. The molecule has 0 heterocycles. The van der Waals surface area contributed by atoms with E-state index in [1.54, 1.807) is 0 Å². The first kappa shape index (κ1) is 7.23. The number of ether oxygens (including phenoxy) is 1. The van der Waals surface area contributed by atoms with Gasteiger partial charge >= 0.3 is 0 Å². The van der Waals surface area contributed by atoms with Crippen molar-refractivity contribution in [2.45, 2.75) is 13.0 Å². The average Bonchev–Trinajstić information content (AvgIpc) is 1.69. The lowest BCUT2D eigenvalue weighted by molar-refractivity contribution is 0.219. The summed E-state index contributed by atoms with van der Waals surface area (Å²) < 4.78 is 4.54. The number of rotatable bonds is 1. The minimum Gasteiger partial charge on any atom is -0.481 e. The first-order valence-electron chi connectivity index (χ1n) is 2.22. The number of hydrogen-bond donors (Lipinski definition) is 2. The molecule has 8 heavy (non-hydrogen) atoms. The van der Waals surface area contributed by atoms with Crippen LogP contribution in [0.5, 0.6) is 0 Å². The summed E-state index contributed by atoms with van der Waals surface area (Å²) in [5.74, 6) is 4.93. The van der Waals surface area contributed by atoms with Crippen LogP contribution in [0.4, 0.5) is 0 Å². The van der Waals surface area contributed by atoms with Crippen molar-refractivity contribution < 1.29 is 9.84 Å². The van der Waals surface area contributed by atoms with Gasteiger partial charge in [0.1, 0.15) is 6.10 Å². The maximum Gasteiger partial charge on any atom is 0.234 e. The molecule has 0 bridgehead atoms. The molecule has 0 aliphatic heterocycles. The maximum atomic E-state index is 8.68. The number of methoxy groups -OCH3 is 1. The van der Waals surface area contributed by atoms with Crippen LogP contribution in [0.1, 0.15) is 6.92 Å². The topological polar surface area (TPSA) is 67.8 Å². The van der Waals surface area contributed by atoms with E-state index in [1.807, 2.05) is 0 Å². The smallest absolute Gasteiger partial charge is 0.234 e. The van der Waals surface area contributed by atoms with Crippen LogP contribution in [0.15, 0.2) is 5.10 Å². The lowest BCUT2D eigenvalue weighted by Gasteiger charge is -2.03. The Bertz CT molecular complexity index is 90.0. The zero-order valence-electron chi connectivity index (χ0n) is 4.96. The summed E-state index contributed by atoms with van der Waals surface area (Å²) in [6.07, 6.45) is -0.718. The molecule has 48 valence electrons. The SMILES string of the molecule is CO/C(=N\N)C(C)O. The summed E-state index contributed by atoms with van der Waals surface area (Å²) in [5, 5.41) is 11.8. The molecule has 0 saturated carbocycles. The maximum absolute atomic E-state index is 8.68. The Labute approximate surface area is 47.9 Å². The predicted octanol–water partition coefficient (Wildman–Crippen LogP) is -0.714. The molecule has 0 saturated heterocycles. The Balaban J connectivity index is 3.72. The first-order chi connectivity index (χ1) is 3.72. The second-order valence-electron chi connectivity index (χ2n) is 1.35. The van der Waals surface area contributed by atoms with E-state index >= 15 is 0 Å². The molecule has 1 atom stereocenters. The first-order valence-corrected chi connectivity index (χ1v) is 2.22. The number of hydrazone groups is 1. The van der Waals surface area contributed by atoms with E-state index in [2.05, 4.69) is 9.84 Å². The van der Waals surface area contributed by atoms with Crippen molar-refractivity contribution in [3.05, 3.63) is 0 Å². The molecule has 0 aromatic rings. The van der Waals surface area contributed by atoms with Crippen molar-refractivity contribution >= 4 is 5.90 Å². The molecule has 0 fully saturated rings. The second kappa shape index (κ2) is 3.26. The monoisotopic (exact) mass is 118 g/mol. The van der Waals surface area contributed by atoms with Gasteiger partial charge in [-0.25, -0.2) is 0 Å². The summed E-state index contributed by atoms with van der Waals surface area (Å²) >= 11 is 0. The van der Waals surface area contributed by atoms with Gasteiger partial charge in [-0.15, -0.1) is 5.10 Å². The third-order valence-corrected chi connectivity index (χ3v) is 0.694. The summed E-state index contributed by atoms with van der Waals surface area (Å²) in [4.78, 5) is 0. The third-order valence-electron chi connectivity index (χ3n) is 0.694. The van der Waals surface area contributed by atoms with Crippen molar-refractivity contribution in [2.75, 3.05) is 7.11 Å². The minimum absolute atomic E-state index is 0.144. The van der Waals surface area contributed by atoms with Gasteiger partial charge in [-0.2, -0.15) is 0 Å². The fourth-order valence-corrected chi connectivity index (χ4v) is 0.331. The number of hydrogen-bond acceptors (Lipinski definition) is 4. The summed E-state index contributed by atoms with van der Waals surface area (Å²) in [6, 6.07) is 0. The van der Waals surface area contributed by atoms with Crippen LogP contribution >= 0.6 is 0 Å². The molecule has 0 rings (SSSR count). The van der Waals surface area contributed by atoms with E-state index in [0.717, 1.165) is 0 Å². The van der Waals surface area contributed by atoms with Gasteiger partial charge in [-0.05, 0) is 6.92 Å². The molecule has 4 heteroatoms. The largest absolute Gasteiger partial charge is 0.481 e. The highest BCUT2D eigenvalue weighted by molar-refractivity contribution is 5.79. The van der Waals surface area contributed by atoms with E-state index in [9.17, 15) is 0 Å².